The van der Waals surface area contributed by atoms with E-state index in [-0.39, 0.29) is 11.3 Å². The molecule has 2 aromatic rings. The third kappa shape index (κ3) is 2.97. The fourth-order valence-corrected chi connectivity index (χ4v) is 3.87. The van der Waals surface area contributed by atoms with Crippen molar-refractivity contribution in [2.24, 2.45) is 5.92 Å². The highest BCUT2D eigenvalue weighted by molar-refractivity contribution is 5.85. The van der Waals surface area contributed by atoms with Crippen LogP contribution in [-0.2, 0) is 6.42 Å². The number of allylic oxidation sites excluding steroid dienone is 1. The van der Waals surface area contributed by atoms with Crippen molar-refractivity contribution in [1.82, 2.24) is 0 Å². The van der Waals surface area contributed by atoms with Crippen molar-refractivity contribution in [1.29, 1.82) is 0 Å². The third-order valence-electron chi connectivity index (χ3n) is 5.30. The minimum Gasteiger partial charge on any atom is -0.206 e. The molecule has 0 N–H and O–H groups in total. The van der Waals surface area contributed by atoms with Gasteiger partial charge in [-0.15, -0.1) is 6.58 Å². The highest BCUT2D eigenvalue weighted by Gasteiger charge is 2.26. The minimum absolute atomic E-state index is 0.00141. The van der Waals surface area contributed by atoms with Gasteiger partial charge in [0.1, 0.15) is 5.82 Å². The molecule has 1 fully saturated rings. The first-order chi connectivity index (χ1) is 11.6. The van der Waals surface area contributed by atoms with Crippen LogP contribution in [0.1, 0.15) is 56.1 Å². The molecule has 128 valence electrons. The Morgan fingerprint density at radius 2 is 1.75 bits per heavy atom. The van der Waals surface area contributed by atoms with E-state index in [1.807, 2.05) is 13.0 Å². The van der Waals surface area contributed by atoms with Crippen LogP contribution < -0.4 is 0 Å². The molecule has 0 saturated heterocycles. The quantitative estimate of drug-likeness (QED) is 0.549. The fourth-order valence-electron chi connectivity index (χ4n) is 3.87. The van der Waals surface area contributed by atoms with Crippen LogP contribution in [0.25, 0.3) is 10.8 Å². The van der Waals surface area contributed by atoms with Gasteiger partial charge in [0.2, 0.25) is 0 Å². The SMILES string of the molecule is C=CC1CCC(c2cc3ccc(CCC)c(F)c3c(F)c2F)CC1. The van der Waals surface area contributed by atoms with Gasteiger partial charge in [0.25, 0.3) is 0 Å². The Balaban J connectivity index is 2.04. The van der Waals surface area contributed by atoms with E-state index in [1.54, 1.807) is 18.2 Å². The predicted molar refractivity (Wildman–Crippen MR) is 92.7 cm³/mol. The van der Waals surface area contributed by atoms with Crippen molar-refractivity contribution < 1.29 is 13.2 Å². The van der Waals surface area contributed by atoms with Gasteiger partial charge in [-0.1, -0.05) is 31.6 Å². The zero-order valence-corrected chi connectivity index (χ0v) is 14.0. The van der Waals surface area contributed by atoms with Gasteiger partial charge in [-0.25, -0.2) is 13.2 Å². The van der Waals surface area contributed by atoms with Crippen molar-refractivity contribution in [2.75, 3.05) is 0 Å². The molecule has 0 atom stereocenters. The Hall–Kier alpha value is -1.77. The summed E-state index contributed by atoms with van der Waals surface area (Å²) < 4.78 is 43.8. The standard InChI is InChI=1S/C21H23F3/c1-3-5-15-10-11-16-12-17(14-8-6-13(4-2)7-9-14)20(23)21(24)18(16)19(15)22/h4,10-14H,2-3,5-9H2,1H3. The Labute approximate surface area is 141 Å². The first-order valence-corrected chi connectivity index (χ1v) is 8.78. The van der Waals surface area contributed by atoms with Crippen LogP contribution in [0.4, 0.5) is 13.2 Å². The van der Waals surface area contributed by atoms with E-state index >= 15 is 0 Å². The van der Waals surface area contributed by atoms with Crippen LogP contribution in [0.5, 0.6) is 0 Å². The molecule has 0 aliphatic heterocycles. The van der Waals surface area contributed by atoms with Gasteiger partial charge in [0.05, 0.1) is 5.39 Å². The topological polar surface area (TPSA) is 0 Å². The summed E-state index contributed by atoms with van der Waals surface area (Å²) in [7, 11) is 0. The maximum Gasteiger partial charge on any atom is 0.169 e. The van der Waals surface area contributed by atoms with Crippen LogP contribution >= 0.6 is 0 Å². The van der Waals surface area contributed by atoms with Crippen molar-refractivity contribution in [3.63, 3.8) is 0 Å². The number of rotatable bonds is 4. The second kappa shape index (κ2) is 7.00. The summed E-state index contributed by atoms with van der Waals surface area (Å²) in [6, 6.07) is 5.05. The highest BCUT2D eigenvalue weighted by atomic mass is 19.2. The first kappa shape index (κ1) is 17.1. The molecule has 0 spiro atoms. The van der Waals surface area contributed by atoms with Crippen molar-refractivity contribution in [3.05, 3.63) is 59.4 Å². The molecular weight excluding hydrogens is 309 g/mol. The Kier molecular flexibility index (Phi) is 4.98. The van der Waals surface area contributed by atoms with Crippen molar-refractivity contribution >= 4 is 10.8 Å². The third-order valence-corrected chi connectivity index (χ3v) is 5.30. The fraction of sp³-hybridized carbons (Fsp3) is 0.429. The van der Waals surface area contributed by atoms with Gasteiger partial charge in [0, 0.05) is 0 Å². The molecule has 1 saturated carbocycles. The Morgan fingerprint density at radius 1 is 1.04 bits per heavy atom. The van der Waals surface area contributed by atoms with E-state index in [2.05, 4.69) is 6.58 Å². The number of hydrogen-bond acceptors (Lipinski definition) is 0. The van der Waals surface area contributed by atoms with Crippen LogP contribution in [0.3, 0.4) is 0 Å². The maximum atomic E-state index is 14.6. The van der Waals surface area contributed by atoms with Crippen LogP contribution in [-0.4, -0.2) is 0 Å². The number of aryl methyl sites for hydroxylation is 1. The minimum atomic E-state index is -1.04. The summed E-state index contributed by atoms with van der Waals surface area (Å²) in [6.07, 6.45) is 6.74. The van der Waals surface area contributed by atoms with Crippen LogP contribution in [0.15, 0.2) is 30.9 Å². The maximum absolute atomic E-state index is 14.6. The van der Waals surface area contributed by atoms with Gasteiger partial charge in [-0.05, 0) is 66.5 Å². The van der Waals surface area contributed by atoms with Crippen LogP contribution in [0, 0.1) is 23.4 Å². The molecule has 0 heterocycles. The highest BCUT2D eigenvalue weighted by Crippen LogP contribution is 2.39. The molecule has 0 nitrogen and oxygen atoms in total. The molecule has 0 radical (unpaired) electrons. The zero-order chi connectivity index (χ0) is 17.3. The molecule has 0 bridgehead atoms. The number of benzene rings is 2. The summed E-state index contributed by atoms with van der Waals surface area (Å²) in [5.74, 6) is -2.07. The summed E-state index contributed by atoms with van der Waals surface area (Å²) >= 11 is 0. The molecular formula is C21H23F3. The van der Waals surface area contributed by atoms with Gasteiger partial charge in [-0.2, -0.15) is 0 Å². The van der Waals surface area contributed by atoms with E-state index in [9.17, 15) is 13.2 Å². The zero-order valence-electron chi connectivity index (χ0n) is 14.0. The Morgan fingerprint density at radius 3 is 2.38 bits per heavy atom. The number of fused-ring (bicyclic) bond motifs is 1. The summed E-state index contributed by atoms with van der Waals surface area (Å²) in [6.45, 7) is 5.75. The molecule has 1 aliphatic rings. The molecule has 0 unspecified atom stereocenters. The lowest BCUT2D eigenvalue weighted by Crippen LogP contribution is -2.13. The molecule has 2 aromatic carbocycles. The smallest absolute Gasteiger partial charge is 0.169 e. The summed E-state index contributed by atoms with van der Waals surface area (Å²) in [4.78, 5) is 0. The second-order valence-electron chi connectivity index (χ2n) is 6.83. The van der Waals surface area contributed by atoms with Gasteiger partial charge in [0.15, 0.2) is 11.6 Å². The monoisotopic (exact) mass is 332 g/mol. The molecule has 24 heavy (non-hydrogen) atoms. The van der Waals surface area contributed by atoms with Gasteiger partial charge >= 0.3 is 0 Å². The molecule has 3 heteroatoms. The summed E-state index contributed by atoms with van der Waals surface area (Å²) in [5.41, 5.74) is 0.840. The number of halogens is 3. The number of hydrogen-bond donors (Lipinski definition) is 0. The molecule has 0 aromatic heterocycles. The van der Waals surface area contributed by atoms with Crippen molar-refractivity contribution in [2.45, 2.75) is 51.4 Å². The van der Waals surface area contributed by atoms with E-state index in [4.69, 9.17) is 0 Å². The van der Waals surface area contributed by atoms with Gasteiger partial charge in [-0.3, -0.25) is 0 Å². The lowest BCUT2D eigenvalue weighted by atomic mass is 9.78. The predicted octanol–water partition coefficient (Wildman–Crippen LogP) is 6.67. The van der Waals surface area contributed by atoms with E-state index < -0.39 is 17.5 Å². The molecule has 1 aliphatic carbocycles. The average Bonchev–Trinajstić information content (AvgIpc) is 2.60. The largest absolute Gasteiger partial charge is 0.206 e. The van der Waals surface area contributed by atoms with E-state index in [0.717, 1.165) is 32.1 Å². The lowest BCUT2D eigenvalue weighted by Gasteiger charge is -2.27. The summed E-state index contributed by atoms with van der Waals surface area (Å²) in [5, 5.41) is 0.245. The Bertz CT molecular complexity index is 756. The van der Waals surface area contributed by atoms with E-state index in [1.165, 1.54) is 0 Å². The lowest BCUT2D eigenvalue weighted by molar-refractivity contribution is 0.365. The first-order valence-electron chi connectivity index (χ1n) is 8.78. The van der Waals surface area contributed by atoms with Crippen molar-refractivity contribution in [3.8, 4) is 0 Å². The second-order valence-corrected chi connectivity index (χ2v) is 6.83. The molecule has 0 amide bonds. The van der Waals surface area contributed by atoms with Crippen LogP contribution in [0.2, 0.25) is 0 Å². The van der Waals surface area contributed by atoms with Gasteiger partial charge < -0.3 is 0 Å². The normalized spacial score (nSPS) is 21.2. The molecule has 3 rings (SSSR count). The average molecular weight is 332 g/mol. The van der Waals surface area contributed by atoms with E-state index in [0.29, 0.717) is 28.9 Å².